The highest BCUT2D eigenvalue weighted by atomic mass is 16.2. The SMILES string of the molecule is CN(C)CCN(C)C(=O)c1ccccc1. The molecule has 0 bridgehead atoms. The smallest absolute Gasteiger partial charge is 0.253 e. The Morgan fingerprint density at radius 1 is 1.07 bits per heavy atom. The van der Waals surface area contributed by atoms with Gasteiger partial charge in [-0.2, -0.15) is 0 Å². The zero-order chi connectivity index (χ0) is 11.3. The summed E-state index contributed by atoms with van der Waals surface area (Å²) in [6.45, 7) is 1.63. The highest BCUT2D eigenvalue weighted by Gasteiger charge is 2.10. The molecule has 3 heteroatoms. The molecule has 1 rings (SSSR count). The molecule has 82 valence electrons. The number of carbonyl (C=O) groups is 1. The van der Waals surface area contributed by atoms with Crippen LogP contribution in [0.25, 0.3) is 0 Å². The van der Waals surface area contributed by atoms with Crippen molar-refractivity contribution >= 4 is 5.91 Å². The zero-order valence-corrected chi connectivity index (χ0v) is 9.60. The molecule has 0 fully saturated rings. The van der Waals surface area contributed by atoms with E-state index in [0.717, 1.165) is 18.7 Å². The Kier molecular flexibility index (Phi) is 4.31. The van der Waals surface area contributed by atoms with Crippen molar-refractivity contribution in [2.45, 2.75) is 0 Å². The summed E-state index contributed by atoms with van der Waals surface area (Å²) in [7, 11) is 5.83. The normalized spacial score (nSPS) is 10.4. The summed E-state index contributed by atoms with van der Waals surface area (Å²) in [4.78, 5) is 15.7. The van der Waals surface area contributed by atoms with Crippen LogP contribution in [-0.2, 0) is 0 Å². The van der Waals surface area contributed by atoms with Gasteiger partial charge in [0.25, 0.3) is 5.91 Å². The Balaban J connectivity index is 2.54. The van der Waals surface area contributed by atoms with Gasteiger partial charge in [-0.05, 0) is 26.2 Å². The van der Waals surface area contributed by atoms with Crippen molar-refractivity contribution < 1.29 is 4.79 Å². The van der Waals surface area contributed by atoms with Crippen LogP contribution in [0.2, 0.25) is 0 Å². The number of benzene rings is 1. The lowest BCUT2D eigenvalue weighted by molar-refractivity contribution is 0.0786. The Labute approximate surface area is 91.3 Å². The van der Waals surface area contributed by atoms with E-state index in [1.54, 1.807) is 4.90 Å². The molecule has 15 heavy (non-hydrogen) atoms. The minimum atomic E-state index is 0.0810. The highest BCUT2D eigenvalue weighted by molar-refractivity contribution is 5.93. The maximum absolute atomic E-state index is 11.9. The van der Waals surface area contributed by atoms with E-state index in [4.69, 9.17) is 0 Å². The Morgan fingerprint density at radius 2 is 1.67 bits per heavy atom. The standard InChI is InChI=1S/C12H18N2O/c1-13(2)9-10-14(3)12(15)11-7-5-4-6-8-11/h4-8H,9-10H2,1-3H3. The van der Waals surface area contributed by atoms with Gasteiger partial charge in [-0.25, -0.2) is 0 Å². The van der Waals surface area contributed by atoms with Gasteiger partial charge in [0.15, 0.2) is 0 Å². The Morgan fingerprint density at radius 3 is 2.20 bits per heavy atom. The monoisotopic (exact) mass is 206 g/mol. The van der Waals surface area contributed by atoms with Gasteiger partial charge in [0.2, 0.25) is 0 Å². The topological polar surface area (TPSA) is 23.6 Å². The fraction of sp³-hybridized carbons (Fsp3) is 0.417. The summed E-state index contributed by atoms with van der Waals surface area (Å²) in [5.74, 6) is 0.0810. The second-order valence-corrected chi connectivity index (χ2v) is 3.90. The number of hydrogen-bond donors (Lipinski definition) is 0. The molecule has 0 aliphatic carbocycles. The average molecular weight is 206 g/mol. The van der Waals surface area contributed by atoms with Crippen molar-refractivity contribution in [1.82, 2.24) is 9.80 Å². The number of carbonyl (C=O) groups excluding carboxylic acids is 1. The molecule has 0 radical (unpaired) electrons. The summed E-state index contributed by atoms with van der Waals surface area (Å²) >= 11 is 0. The summed E-state index contributed by atoms with van der Waals surface area (Å²) in [6.07, 6.45) is 0. The predicted molar refractivity (Wildman–Crippen MR) is 62.0 cm³/mol. The number of hydrogen-bond acceptors (Lipinski definition) is 2. The van der Waals surface area contributed by atoms with Crippen molar-refractivity contribution in [2.24, 2.45) is 0 Å². The quantitative estimate of drug-likeness (QED) is 0.742. The van der Waals surface area contributed by atoms with E-state index < -0.39 is 0 Å². The van der Waals surface area contributed by atoms with E-state index >= 15 is 0 Å². The maximum atomic E-state index is 11.9. The first-order valence-corrected chi connectivity index (χ1v) is 5.06. The predicted octanol–water partition coefficient (Wildman–Crippen LogP) is 1.32. The summed E-state index contributed by atoms with van der Waals surface area (Å²) < 4.78 is 0. The minimum Gasteiger partial charge on any atom is -0.340 e. The first kappa shape index (κ1) is 11.7. The van der Waals surface area contributed by atoms with Crippen LogP contribution in [0.4, 0.5) is 0 Å². The number of amides is 1. The molecule has 0 atom stereocenters. The van der Waals surface area contributed by atoms with E-state index in [0.29, 0.717) is 0 Å². The van der Waals surface area contributed by atoms with Gasteiger partial charge in [-0.3, -0.25) is 4.79 Å². The lowest BCUT2D eigenvalue weighted by Gasteiger charge is -2.19. The van der Waals surface area contributed by atoms with Crippen LogP contribution in [0, 0.1) is 0 Å². The average Bonchev–Trinajstić information content (AvgIpc) is 2.26. The summed E-state index contributed by atoms with van der Waals surface area (Å²) in [5.41, 5.74) is 0.749. The van der Waals surface area contributed by atoms with Gasteiger partial charge in [-0.15, -0.1) is 0 Å². The first-order valence-electron chi connectivity index (χ1n) is 5.06. The second kappa shape index (κ2) is 5.51. The number of rotatable bonds is 4. The van der Waals surface area contributed by atoms with Gasteiger partial charge in [0, 0.05) is 25.7 Å². The molecule has 1 aromatic carbocycles. The third kappa shape index (κ3) is 3.72. The van der Waals surface area contributed by atoms with Crippen molar-refractivity contribution in [2.75, 3.05) is 34.2 Å². The van der Waals surface area contributed by atoms with Gasteiger partial charge < -0.3 is 9.80 Å². The van der Waals surface area contributed by atoms with E-state index in [1.807, 2.05) is 51.5 Å². The van der Waals surface area contributed by atoms with Gasteiger partial charge in [0.05, 0.1) is 0 Å². The van der Waals surface area contributed by atoms with Crippen LogP contribution in [-0.4, -0.2) is 49.9 Å². The summed E-state index contributed by atoms with van der Waals surface area (Å²) in [6, 6.07) is 9.36. The first-order chi connectivity index (χ1) is 7.11. The van der Waals surface area contributed by atoms with E-state index in [2.05, 4.69) is 4.90 Å². The van der Waals surface area contributed by atoms with Crippen LogP contribution in [0.15, 0.2) is 30.3 Å². The number of likely N-dealkylation sites (N-methyl/N-ethyl adjacent to an activating group) is 2. The molecule has 1 amide bonds. The molecule has 0 saturated carbocycles. The molecule has 0 spiro atoms. The van der Waals surface area contributed by atoms with E-state index in [9.17, 15) is 4.79 Å². The van der Waals surface area contributed by atoms with Gasteiger partial charge in [-0.1, -0.05) is 18.2 Å². The third-order valence-corrected chi connectivity index (χ3v) is 2.25. The fourth-order valence-corrected chi connectivity index (χ4v) is 1.25. The van der Waals surface area contributed by atoms with E-state index in [1.165, 1.54) is 0 Å². The zero-order valence-electron chi connectivity index (χ0n) is 9.60. The van der Waals surface area contributed by atoms with Crippen LogP contribution in [0.1, 0.15) is 10.4 Å². The number of nitrogens with zero attached hydrogens (tertiary/aromatic N) is 2. The molecular weight excluding hydrogens is 188 g/mol. The lowest BCUT2D eigenvalue weighted by atomic mass is 10.2. The van der Waals surface area contributed by atoms with Crippen LogP contribution in [0.3, 0.4) is 0 Å². The van der Waals surface area contributed by atoms with E-state index in [-0.39, 0.29) is 5.91 Å². The maximum Gasteiger partial charge on any atom is 0.253 e. The molecule has 0 aliphatic rings. The molecule has 3 nitrogen and oxygen atoms in total. The van der Waals surface area contributed by atoms with Gasteiger partial charge in [0.1, 0.15) is 0 Å². The fourth-order valence-electron chi connectivity index (χ4n) is 1.25. The lowest BCUT2D eigenvalue weighted by Crippen LogP contribution is -2.33. The molecular formula is C12H18N2O. The van der Waals surface area contributed by atoms with Crippen molar-refractivity contribution in [3.05, 3.63) is 35.9 Å². The van der Waals surface area contributed by atoms with Crippen molar-refractivity contribution in [3.63, 3.8) is 0 Å². The second-order valence-electron chi connectivity index (χ2n) is 3.90. The minimum absolute atomic E-state index is 0.0810. The molecule has 1 aromatic rings. The van der Waals surface area contributed by atoms with Crippen molar-refractivity contribution in [3.8, 4) is 0 Å². The molecule has 0 unspecified atom stereocenters. The Hall–Kier alpha value is -1.35. The highest BCUT2D eigenvalue weighted by Crippen LogP contribution is 2.02. The molecule has 0 saturated heterocycles. The molecule has 0 aliphatic heterocycles. The summed E-state index contributed by atoms with van der Waals surface area (Å²) in [5, 5.41) is 0. The van der Waals surface area contributed by atoms with Crippen LogP contribution in [0.5, 0.6) is 0 Å². The molecule has 0 N–H and O–H groups in total. The largest absolute Gasteiger partial charge is 0.340 e. The van der Waals surface area contributed by atoms with Crippen LogP contribution < -0.4 is 0 Å². The van der Waals surface area contributed by atoms with Gasteiger partial charge >= 0.3 is 0 Å². The van der Waals surface area contributed by atoms with Crippen LogP contribution >= 0.6 is 0 Å². The molecule has 0 aromatic heterocycles. The van der Waals surface area contributed by atoms with Crippen molar-refractivity contribution in [1.29, 1.82) is 0 Å². The Bertz CT molecular complexity index is 309. The molecule has 0 heterocycles. The third-order valence-electron chi connectivity index (χ3n) is 2.25.